The van der Waals surface area contributed by atoms with E-state index < -0.39 is 31.8 Å². The second kappa shape index (κ2) is 5.17. The first kappa shape index (κ1) is 13.5. The van der Waals surface area contributed by atoms with Crippen LogP contribution in [0.2, 0.25) is 0 Å². The third kappa shape index (κ3) is 4.06. The summed E-state index contributed by atoms with van der Waals surface area (Å²) in [5.41, 5.74) is -0.208. The maximum Gasteiger partial charge on any atom is 0.406 e. The van der Waals surface area contributed by atoms with Gasteiger partial charge in [0.1, 0.15) is 12.3 Å². The summed E-state index contributed by atoms with van der Waals surface area (Å²) in [6, 6.07) is 1.24. The number of carbonyl (C=O) groups excluding carboxylic acids is 1. The summed E-state index contributed by atoms with van der Waals surface area (Å²) < 4.78 is 41.2. The lowest BCUT2D eigenvalue weighted by molar-refractivity contribution is -0.141. The Morgan fingerprint density at radius 1 is 1.59 bits per heavy atom. The fourth-order valence-electron chi connectivity index (χ4n) is 1.22. The van der Waals surface area contributed by atoms with E-state index in [1.54, 1.807) is 0 Å². The second-order valence-electron chi connectivity index (χ2n) is 3.39. The molecule has 1 rings (SSSR count). The summed E-state index contributed by atoms with van der Waals surface area (Å²) in [6.07, 6.45) is -4.52. The van der Waals surface area contributed by atoms with E-state index in [4.69, 9.17) is 5.11 Å². The standard InChI is InChI=1S/C9H11F3N2O3/c1-6-4-7(13-17-6)8(16)14(2-3-15)5-9(10,11)12/h4,15H,2-3,5H2,1H3. The van der Waals surface area contributed by atoms with Crippen LogP contribution in [-0.4, -0.2) is 46.9 Å². The predicted molar refractivity (Wildman–Crippen MR) is 50.3 cm³/mol. The molecule has 0 saturated heterocycles. The first-order valence-corrected chi connectivity index (χ1v) is 4.73. The quantitative estimate of drug-likeness (QED) is 0.867. The summed E-state index contributed by atoms with van der Waals surface area (Å²) >= 11 is 0. The summed E-state index contributed by atoms with van der Waals surface area (Å²) in [7, 11) is 0. The van der Waals surface area contributed by atoms with Crippen molar-refractivity contribution in [3.8, 4) is 0 Å². The minimum atomic E-state index is -4.52. The third-order valence-electron chi connectivity index (χ3n) is 1.87. The van der Waals surface area contributed by atoms with E-state index in [0.717, 1.165) is 0 Å². The van der Waals surface area contributed by atoms with Crippen molar-refractivity contribution in [1.82, 2.24) is 10.1 Å². The Morgan fingerprint density at radius 2 is 2.24 bits per heavy atom. The molecule has 1 aromatic rings. The van der Waals surface area contributed by atoms with Gasteiger partial charge in [-0.05, 0) is 6.92 Å². The zero-order valence-corrected chi connectivity index (χ0v) is 8.99. The zero-order valence-electron chi connectivity index (χ0n) is 8.99. The molecule has 5 nitrogen and oxygen atoms in total. The van der Waals surface area contributed by atoms with Crippen LogP contribution in [0.3, 0.4) is 0 Å². The van der Waals surface area contributed by atoms with Crippen LogP contribution in [0, 0.1) is 6.92 Å². The Labute approximate surface area is 94.8 Å². The van der Waals surface area contributed by atoms with Gasteiger partial charge in [-0.2, -0.15) is 13.2 Å². The van der Waals surface area contributed by atoms with E-state index in [0.29, 0.717) is 10.7 Å². The van der Waals surface area contributed by atoms with Gasteiger partial charge < -0.3 is 14.5 Å². The highest BCUT2D eigenvalue weighted by molar-refractivity contribution is 5.92. The van der Waals surface area contributed by atoms with Gasteiger partial charge in [0.15, 0.2) is 5.69 Å². The summed E-state index contributed by atoms with van der Waals surface area (Å²) in [6.45, 7) is -0.884. The molecule has 0 fully saturated rings. The molecule has 1 aromatic heterocycles. The van der Waals surface area contributed by atoms with Crippen molar-refractivity contribution in [3.63, 3.8) is 0 Å². The van der Waals surface area contributed by atoms with Gasteiger partial charge in [0.25, 0.3) is 5.91 Å². The van der Waals surface area contributed by atoms with Gasteiger partial charge in [-0.1, -0.05) is 5.16 Å². The minimum absolute atomic E-state index is 0.208. The number of carbonyl (C=O) groups is 1. The number of hydrogen-bond acceptors (Lipinski definition) is 4. The van der Waals surface area contributed by atoms with Crippen molar-refractivity contribution in [2.45, 2.75) is 13.1 Å². The molecule has 8 heteroatoms. The third-order valence-corrected chi connectivity index (χ3v) is 1.87. The van der Waals surface area contributed by atoms with E-state index in [1.165, 1.54) is 13.0 Å². The van der Waals surface area contributed by atoms with E-state index in [9.17, 15) is 18.0 Å². The van der Waals surface area contributed by atoms with Crippen LogP contribution in [-0.2, 0) is 0 Å². The van der Waals surface area contributed by atoms with Crippen molar-refractivity contribution in [2.24, 2.45) is 0 Å². The van der Waals surface area contributed by atoms with E-state index in [2.05, 4.69) is 9.68 Å². The Hall–Kier alpha value is -1.57. The van der Waals surface area contributed by atoms with Gasteiger partial charge in [-0.25, -0.2) is 0 Å². The predicted octanol–water partition coefficient (Wildman–Crippen LogP) is 0.980. The summed E-state index contributed by atoms with van der Waals surface area (Å²) in [4.78, 5) is 12.1. The second-order valence-corrected chi connectivity index (χ2v) is 3.39. The molecule has 1 heterocycles. The van der Waals surface area contributed by atoms with Gasteiger partial charge in [-0.3, -0.25) is 4.79 Å². The van der Waals surface area contributed by atoms with Gasteiger partial charge in [0, 0.05) is 12.6 Å². The SMILES string of the molecule is Cc1cc(C(=O)N(CCO)CC(F)(F)F)no1. The van der Waals surface area contributed by atoms with Crippen LogP contribution in [0.1, 0.15) is 16.2 Å². The zero-order chi connectivity index (χ0) is 13.1. The molecule has 17 heavy (non-hydrogen) atoms. The number of amides is 1. The molecule has 96 valence electrons. The van der Waals surface area contributed by atoms with Crippen molar-refractivity contribution in [1.29, 1.82) is 0 Å². The Kier molecular flexibility index (Phi) is 4.11. The smallest absolute Gasteiger partial charge is 0.395 e. The molecule has 0 aromatic carbocycles. The average molecular weight is 252 g/mol. The molecule has 0 aliphatic heterocycles. The number of hydrogen-bond donors (Lipinski definition) is 1. The Morgan fingerprint density at radius 3 is 2.65 bits per heavy atom. The fourth-order valence-corrected chi connectivity index (χ4v) is 1.22. The Balaban J connectivity index is 2.80. The largest absolute Gasteiger partial charge is 0.406 e. The van der Waals surface area contributed by atoms with Crippen LogP contribution in [0.15, 0.2) is 10.6 Å². The number of aliphatic hydroxyl groups excluding tert-OH is 1. The number of rotatable bonds is 4. The maximum atomic E-state index is 12.2. The van der Waals surface area contributed by atoms with Crippen molar-refractivity contribution in [2.75, 3.05) is 19.7 Å². The monoisotopic (exact) mass is 252 g/mol. The number of nitrogens with zero attached hydrogens (tertiary/aromatic N) is 2. The van der Waals surface area contributed by atoms with Crippen LogP contribution in [0.25, 0.3) is 0 Å². The molecular formula is C9H11F3N2O3. The molecule has 0 atom stereocenters. The van der Waals surface area contributed by atoms with Crippen LogP contribution in [0.5, 0.6) is 0 Å². The normalized spacial score (nSPS) is 11.6. The molecule has 1 N–H and O–H groups in total. The molecule has 0 saturated carbocycles. The van der Waals surface area contributed by atoms with Gasteiger partial charge >= 0.3 is 6.18 Å². The average Bonchev–Trinajstić information content (AvgIpc) is 2.61. The molecule has 0 radical (unpaired) electrons. The van der Waals surface area contributed by atoms with Gasteiger partial charge in [0.05, 0.1) is 6.61 Å². The molecule has 0 bridgehead atoms. The fraction of sp³-hybridized carbons (Fsp3) is 0.556. The number of aryl methyl sites for hydroxylation is 1. The van der Waals surface area contributed by atoms with Crippen molar-refractivity contribution >= 4 is 5.91 Å². The van der Waals surface area contributed by atoms with Crippen molar-refractivity contribution < 1.29 is 27.6 Å². The maximum absolute atomic E-state index is 12.2. The Bertz CT molecular complexity index is 389. The van der Waals surface area contributed by atoms with Crippen LogP contribution < -0.4 is 0 Å². The van der Waals surface area contributed by atoms with E-state index >= 15 is 0 Å². The number of alkyl halides is 3. The first-order chi connectivity index (χ1) is 7.83. The lowest BCUT2D eigenvalue weighted by atomic mass is 10.3. The summed E-state index contributed by atoms with van der Waals surface area (Å²) in [5.74, 6) is -0.600. The highest BCUT2D eigenvalue weighted by Gasteiger charge is 2.33. The topological polar surface area (TPSA) is 66.6 Å². The van der Waals surface area contributed by atoms with Gasteiger partial charge in [0.2, 0.25) is 0 Å². The molecule has 0 unspecified atom stereocenters. The van der Waals surface area contributed by atoms with Crippen LogP contribution in [0.4, 0.5) is 13.2 Å². The molecule has 0 aliphatic rings. The molecular weight excluding hydrogens is 241 g/mol. The van der Waals surface area contributed by atoms with Gasteiger partial charge in [-0.15, -0.1) is 0 Å². The van der Waals surface area contributed by atoms with Crippen molar-refractivity contribution in [3.05, 3.63) is 17.5 Å². The number of aliphatic hydroxyl groups is 1. The molecule has 1 amide bonds. The number of aromatic nitrogens is 1. The lowest BCUT2D eigenvalue weighted by Gasteiger charge is -2.21. The number of halogens is 3. The van der Waals surface area contributed by atoms with E-state index in [-0.39, 0.29) is 5.69 Å². The highest BCUT2D eigenvalue weighted by Crippen LogP contribution is 2.17. The molecule has 0 aliphatic carbocycles. The van der Waals surface area contributed by atoms with E-state index in [1.807, 2.05) is 0 Å². The minimum Gasteiger partial charge on any atom is -0.395 e. The summed E-state index contributed by atoms with van der Waals surface area (Å²) in [5, 5.41) is 12.0. The lowest BCUT2D eigenvalue weighted by Crippen LogP contribution is -2.40. The van der Waals surface area contributed by atoms with Crippen LogP contribution >= 0.6 is 0 Å². The highest BCUT2D eigenvalue weighted by atomic mass is 19.4. The first-order valence-electron chi connectivity index (χ1n) is 4.73. The molecule has 0 spiro atoms.